The quantitative estimate of drug-likeness (QED) is 0.620. The van der Waals surface area contributed by atoms with E-state index in [9.17, 15) is 0 Å². The molecule has 2 aromatic carbocycles. The van der Waals surface area contributed by atoms with Gasteiger partial charge in [-0.1, -0.05) is 30.3 Å². The third-order valence-corrected chi connectivity index (χ3v) is 5.57. The molecule has 0 saturated carbocycles. The van der Waals surface area contributed by atoms with E-state index < -0.39 is 0 Å². The molecule has 2 aromatic rings. The lowest BCUT2D eigenvalue weighted by Gasteiger charge is -2.35. The normalized spacial score (nSPS) is 19.1. The Morgan fingerprint density at radius 3 is 2.96 bits per heavy atom. The molecule has 2 N–H and O–H groups in total. The van der Waals surface area contributed by atoms with Crippen LogP contribution in [0.3, 0.4) is 0 Å². The molecular formula is C23H30N4O. The van der Waals surface area contributed by atoms with Crippen LogP contribution >= 0.6 is 0 Å². The molecular weight excluding hydrogens is 348 g/mol. The lowest BCUT2D eigenvalue weighted by atomic mass is 10.0. The SMILES string of the molecule is CN=C(NCCc1ccc2c(c1)CCO2)NC1CCCN(c2ccccc2)C1. The summed E-state index contributed by atoms with van der Waals surface area (Å²) in [7, 11) is 1.85. The highest BCUT2D eigenvalue weighted by molar-refractivity contribution is 5.80. The fraction of sp³-hybridized carbons (Fsp3) is 0.435. The second-order valence-corrected chi connectivity index (χ2v) is 7.55. The van der Waals surface area contributed by atoms with Crippen LogP contribution in [0.25, 0.3) is 0 Å². The van der Waals surface area contributed by atoms with E-state index in [1.165, 1.54) is 29.7 Å². The molecule has 0 aliphatic carbocycles. The summed E-state index contributed by atoms with van der Waals surface area (Å²) in [5, 5.41) is 7.09. The number of piperidine rings is 1. The van der Waals surface area contributed by atoms with Gasteiger partial charge in [0.05, 0.1) is 6.61 Å². The molecule has 5 nitrogen and oxygen atoms in total. The van der Waals surface area contributed by atoms with Crippen molar-refractivity contribution < 1.29 is 4.74 Å². The van der Waals surface area contributed by atoms with Gasteiger partial charge in [-0.15, -0.1) is 0 Å². The van der Waals surface area contributed by atoms with Crippen molar-refractivity contribution in [2.75, 3.05) is 38.2 Å². The molecule has 0 spiro atoms. The maximum atomic E-state index is 5.59. The Morgan fingerprint density at radius 2 is 2.11 bits per heavy atom. The van der Waals surface area contributed by atoms with Crippen LogP contribution in [0, 0.1) is 0 Å². The maximum absolute atomic E-state index is 5.59. The predicted octanol–water partition coefficient (Wildman–Crippen LogP) is 3.00. The van der Waals surface area contributed by atoms with Crippen molar-refractivity contribution in [3.63, 3.8) is 0 Å². The highest BCUT2D eigenvalue weighted by atomic mass is 16.5. The molecule has 0 bridgehead atoms. The Labute approximate surface area is 167 Å². The zero-order valence-electron chi connectivity index (χ0n) is 16.7. The van der Waals surface area contributed by atoms with Crippen molar-refractivity contribution in [2.24, 2.45) is 4.99 Å². The van der Waals surface area contributed by atoms with Gasteiger partial charge in [0.1, 0.15) is 5.75 Å². The second kappa shape index (κ2) is 9.00. The molecule has 0 radical (unpaired) electrons. The highest BCUT2D eigenvalue weighted by Gasteiger charge is 2.20. The second-order valence-electron chi connectivity index (χ2n) is 7.55. The van der Waals surface area contributed by atoms with Crippen LogP contribution in [0.5, 0.6) is 5.75 Å². The van der Waals surface area contributed by atoms with Crippen molar-refractivity contribution in [1.29, 1.82) is 0 Å². The summed E-state index contributed by atoms with van der Waals surface area (Å²) in [6, 6.07) is 17.6. The number of ether oxygens (including phenoxy) is 1. The first kappa shape index (κ1) is 18.7. The third kappa shape index (κ3) is 4.58. The smallest absolute Gasteiger partial charge is 0.191 e. The topological polar surface area (TPSA) is 48.9 Å². The van der Waals surface area contributed by atoms with E-state index in [1.807, 2.05) is 7.05 Å². The van der Waals surface area contributed by atoms with E-state index >= 15 is 0 Å². The molecule has 2 heterocycles. The molecule has 2 aliphatic heterocycles. The standard InChI is InChI=1S/C23H30N4O/c1-24-23(25-13-11-18-9-10-22-19(16-18)12-15-28-22)26-20-6-5-14-27(17-20)21-7-3-2-4-8-21/h2-4,7-10,16,20H,5-6,11-15,17H2,1H3,(H2,24,25,26). The molecule has 2 aliphatic rings. The van der Waals surface area contributed by atoms with E-state index in [2.05, 4.69) is 69.1 Å². The first-order valence-electron chi connectivity index (χ1n) is 10.3. The fourth-order valence-electron chi connectivity index (χ4n) is 4.08. The van der Waals surface area contributed by atoms with Crippen LogP contribution < -0.4 is 20.3 Å². The zero-order valence-corrected chi connectivity index (χ0v) is 16.7. The summed E-state index contributed by atoms with van der Waals surface area (Å²) >= 11 is 0. The number of nitrogens with one attached hydrogen (secondary N) is 2. The maximum Gasteiger partial charge on any atom is 0.191 e. The summed E-state index contributed by atoms with van der Waals surface area (Å²) < 4.78 is 5.59. The molecule has 1 fully saturated rings. The van der Waals surface area contributed by atoms with Crippen molar-refractivity contribution in [3.05, 3.63) is 59.7 Å². The van der Waals surface area contributed by atoms with E-state index in [0.717, 1.165) is 50.8 Å². The van der Waals surface area contributed by atoms with Gasteiger partial charge in [0.25, 0.3) is 0 Å². The Balaban J connectivity index is 1.26. The van der Waals surface area contributed by atoms with E-state index in [1.54, 1.807) is 0 Å². The average molecular weight is 379 g/mol. The largest absolute Gasteiger partial charge is 0.493 e. The van der Waals surface area contributed by atoms with Gasteiger partial charge in [-0.3, -0.25) is 4.99 Å². The first-order valence-corrected chi connectivity index (χ1v) is 10.3. The van der Waals surface area contributed by atoms with Crippen molar-refractivity contribution >= 4 is 11.6 Å². The highest BCUT2D eigenvalue weighted by Crippen LogP contribution is 2.26. The molecule has 1 saturated heterocycles. The van der Waals surface area contributed by atoms with Gasteiger partial charge in [-0.2, -0.15) is 0 Å². The summed E-state index contributed by atoms with van der Waals surface area (Å²) in [5.41, 5.74) is 3.99. The van der Waals surface area contributed by atoms with Crippen LogP contribution in [0.2, 0.25) is 0 Å². The number of hydrogen-bond acceptors (Lipinski definition) is 3. The molecule has 1 unspecified atom stereocenters. The third-order valence-electron chi connectivity index (χ3n) is 5.57. The molecule has 4 rings (SSSR count). The number of nitrogens with zero attached hydrogens (tertiary/aromatic N) is 2. The summed E-state index contributed by atoms with van der Waals surface area (Å²) in [6.07, 6.45) is 4.38. The van der Waals surface area contributed by atoms with Crippen molar-refractivity contribution in [1.82, 2.24) is 10.6 Å². The van der Waals surface area contributed by atoms with Gasteiger partial charge >= 0.3 is 0 Å². The molecule has 148 valence electrons. The Hall–Kier alpha value is -2.69. The van der Waals surface area contributed by atoms with E-state index in [4.69, 9.17) is 4.74 Å². The van der Waals surface area contributed by atoms with Gasteiger partial charge in [-0.05, 0) is 48.6 Å². The number of benzene rings is 2. The van der Waals surface area contributed by atoms with Gasteiger partial charge in [0, 0.05) is 44.8 Å². The van der Waals surface area contributed by atoms with Crippen molar-refractivity contribution in [3.8, 4) is 5.75 Å². The molecule has 28 heavy (non-hydrogen) atoms. The predicted molar refractivity (Wildman–Crippen MR) is 116 cm³/mol. The van der Waals surface area contributed by atoms with Crippen LogP contribution in [0.4, 0.5) is 5.69 Å². The number of anilines is 1. The lowest BCUT2D eigenvalue weighted by Crippen LogP contribution is -2.51. The van der Waals surface area contributed by atoms with Gasteiger partial charge in [0.15, 0.2) is 5.96 Å². The number of fused-ring (bicyclic) bond motifs is 1. The average Bonchev–Trinajstić information content (AvgIpc) is 3.22. The Morgan fingerprint density at radius 1 is 1.21 bits per heavy atom. The minimum absolute atomic E-state index is 0.414. The molecule has 1 atom stereocenters. The minimum Gasteiger partial charge on any atom is -0.493 e. The van der Waals surface area contributed by atoms with Gasteiger partial charge in [0.2, 0.25) is 0 Å². The molecule has 5 heteroatoms. The molecule has 0 amide bonds. The van der Waals surface area contributed by atoms with Crippen molar-refractivity contribution in [2.45, 2.75) is 31.7 Å². The number of aliphatic imine (C=N–C) groups is 1. The zero-order chi connectivity index (χ0) is 19.2. The summed E-state index contributed by atoms with van der Waals surface area (Å²) in [5.74, 6) is 1.94. The fourth-order valence-corrected chi connectivity index (χ4v) is 4.08. The monoisotopic (exact) mass is 378 g/mol. The lowest BCUT2D eigenvalue weighted by molar-refractivity contribution is 0.357. The first-order chi connectivity index (χ1) is 13.8. The molecule has 0 aromatic heterocycles. The van der Waals surface area contributed by atoms with Crippen LogP contribution in [0.1, 0.15) is 24.0 Å². The minimum atomic E-state index is 0.414. The van der Waals surface area contributed by atoms with Crippen LogP contribution in [0.15, 0.2) is 53.5 Å². The van der Waals surface area contributed by atoms with Crippen LogP contribution in [-0.4, -0.2) is 45.3 Å². The number of rotatable bonds is 5. The Bertz CT molecular complexity index is 806. The summed E-state index contributed by atoms with van der Waals surface area (Å²) in [6.45, 7) is 3.81. The number of guanidine groups is 1. The summed E-state index contributed by atoms with van der Waals surface area (Å²) in [4.78, 5) is 6.88. The number of hydrogen-bond donors (Lipinski definition) is 2. The van der Waals surface area contributed by atoms with E-state index in [0.29, 0.717) is 6.04 Å². The number of para-hydroxylation sites is 1. The van der Waals surface area contributed by atoms with Gasteiger partial charge < -0.3 is 20.3 Å². The van der Waals surface area contributed by atoms with Gasteiger partial charge in [-0.25, -0.2) is 0 Å². The van der Waals surface area contributed by atoms with Crippen LogP contribution in [-0.2, 0) is 12.8 Å². The Kier molecular flexibility index (Phi) is 6.00. The van der Waals surface area contributed by atoms with E-state index in [-0.39, 0.29) is 0 Å².